The molecule has 1 N–H and O–H groups in total. The number of aromatic nitrogens is 1. The lowest BCUT2D eigenvalue weighted by Gasteiger charge is -2.02. The number of H-pyrrole nitrogens is 1. The summed E-state index contributed by atoms with van der Waals surface area (Å²) in [4.78, 5) is 14.9. The van der Waals surface area contributed by atoms with E-state index >= 15 is 0 Å². The lowest BCUT2D eigenvalue weighted by atomic mass is 10.1. The van der Waals surface area contributed by atoms with Crippen LogP contribution in [0.5, 0.6) is 0 Å². The molecule has 1 aromatic heterocycles. The maximum Gasteiger partial charge on any atom is 0.355 e. The van der Waals surface area contributed by atoms with Gasteiger partial charge in [-0.1, -0.05) is 26.7 Å². The van der Waals surface area contributed by atoms with Crippen molar-refractivity contribution in [3.8, 4) is 0 Å². The third kappa shape index (κ3) is 3.12. The highest BCUT2D eigenvalue weighted by Gasteiger charge is 2.15. The highest BCUT2D eigenvalue weighted by Crippen LogP contribution is 2.15. The lowest BCUT2D eigenvalue weighted by Crippen LogP contribution is -2.07. The van der Waals surface area contributed by atoms with Crippen molar-refractivity contribution in [1.29, 1.82) is 0 Å². The molecule has 0 bridgehead atoms. The maximum atomic E-state index is 11.7. The molecule has 90 valence electrons. The number of aryl methyl sites for hydroxylation is 2. The normalized spacial score (nSPS) is 10.4. The van der Waals surface area contributed by atoms with Crippen LogP contribution in [0.25, 0.3) is 0 Å². The van der Waals surface area contributed by atoms with Gasteiger partial charge in [0.25, 0.3) is 0 Å². The van der Waals surface area contributed by atoms with Crippen molar-refractivity contribution in [1.82, 2.24) is 4.98 Å². The molecule has 0 aromatic carbocycles. The first-order valence-electron chi connectivity index (χ1n) is 6.10. The summed E-state index contributed by atoms with van der Waals surface area (Å²) < 4.78 is 5.04. The van der Waals surface area contributed by atoms with E-state index in [1.807, 2.05) is 6.92 Å². The Morgan fingerprint density at radius 3 is 2.50 bits per heavy atom. The number of aromatic amines is 1. The van der Waals surface area contributed by atoms with Gasteiger partial charge < -0.3 is 9.72 Å². The van der Waals surface area contributed by atoms with E-state index < -0.39 is 0 Å². The van der Waals surface area contributed by atoms with Gasteiger partial charge in [-0.2, -0.15) is 0 Å². The third-order valence-electron chi connectivity index (χ3n) is 2.47. The zero-order valence-electron chi connectivity index (χ0n) is 10.4. The molecule has 0 aliphatic heterocycles. The summed E-state index contributed by atoms with van der Waals surface area (Å²) in [7, 11) is 0. The highest BCUT2D eigenvalue weighted by molar-refractivity contribution is 5.89. The van der Waals surface area contributed by atoms with Gasteiger partial charge in [-0.05, 0) is 31.4 Å². The van der Waals surface area contributed by atoms with Crippen LogP contribution in [0.15, 0.2) is 6.07 Å². The van der Waals surface area contributed by atoms with Crippen LogP contribution in [-0.2, 0) is 17.6 Å². The second kappa shape index (κ2) is 6.36. The van der Waals surface area contributed by atoms with Gasteiger partial charge >= 0.3 is 5.97 Å². The molecule has 0 atom stereocenters. The molecular formula is C13H21NO2. The highest BCUT2D eigenvalue weighted by atomic mass is 16.5. The molecule has 0 unspecified atom stereocenters. The molecule has 0 saturated heterocycles. The van der Waals surface area contributed by atoms with Crippen LogP contribution in [0.2, 0.25) is 0 Å². The fourth-order valence-electron chi connectivity index (χ4n) is 1.82. The Morgan fingerprint density at radius 1 is 1.25 bits per heavy atom. The molecule has 0 fully saturated rings. The standard InChI is InChI=1S/C13H21NO2/c1-4-7-10-9-11(8-5-2)14-12(10)13(15)16-6-3/h9,14H,4-8H2,1-3H3. The Labute approximate surface area is 97.2 Å². The Bertz CT molecular complexity index is 342. The second-order valence-corrected chi connectivity index (χ2v) is 3.92. The van der Waals surface area contributed by atoms with Crippen LogP contribution >= 0.6 is 0 Å². The van der Waals surface area contributed by atoms with Gasteiger partial charge in [0.1, 0.15) is 5.69 Å². The molecule has 0 amide bonds. The minimum atomic E-state index is -0.228. The SMILES string of the molecule is CCCc1cc(CCC)c(C(=O)OCC)[nH]1. The summed E-state index contributed by atoms with van der Waals surface area (Å²) in [6, 6.07) is 2.10. The molecule has 16 heavy (non-hydrogen) atoms. The fourth-order valence-corrected chi connectivity index (χ4v) is 1.82. The molecule has 1 heterocycles. The van der Waals surface area contributed by atoms with Crippen LogP contribution in [0.1, 0.15) is 55.4 Å². The van der Waals surface area contributed by atoms with E-state index in [0.717, 1.165) is 36.9 Å². The van der Waals surface area contributed by atoms with Crippen molar-refractivity contribution in [2.24, 2.45) is 0 Å². The zero-order chi connectivity index (χ0) is 12.0. The van der Waals surface area contributed by atoms with E-state index in [-0.39, 0.29) is 5.97 Å². The number of hydrogen-bond donors (Lipinski definition) is 1. The lowest BCUT2D eigenvalue weighted by molar-refractivity contribution is 0.0519. The first-order chi connectivity index (χ1) is 7.72. The van der Waals surface area contributed by atoms with E-state index in [2.05, 4.69) is 24.9 Å². The third-order valence-corrected chi connectivity index (χ3v) is 2.47. The van der Waals surface area contributed by atoms with Gasteiger partial charge in [-0.25, -0.2) is 4.79 Å². The minimum absolute atomic E-state index is 0.228. The van der Waals surface area contributed by atoms with E-state index in [0.29, 0.717) is 12.3 Å². The molecule has 0 aliphatic rings. The molecular weight excluding hydrogens is 202 g/mol. The van der Waals surface area contributed by atoms with Gasteiger partial charge in [0.05, 0.1) is 6.61 Å². The minimum Gasteiger partial charge on any atom is -0.461 e. The summed E-state index contributed by atoms with van der Waals surface area (Å²) in [5.74, 6) is -0.228. The van der Waals surface area contributed by atoms with Crippen LogP contribution in [0.4, 0.5) is 0 Å². The van der Waals surface area contributed by atoms with Crippen LogP contribution < -0.4 is 0 Å². The second-order valence-electron chi connectivity index (χ2n) is 3.92. The monoisotopic (exact) mass is 223 g/mol. The van der Waals surface area contributed by atoms with Crippen molar-refractivity contribution in [3.05, 3.63) is 23.0 Å². The molecule has 3 heteroatoms. The average molecular weight is 223 g/mol. The molecule has 0 saturated carbocycles. The molecule has 1 rings (SSSR count). The average Bonchev–Trinajstić information content (AvgIpc) is 2.63. The van der Waals surface area contributed by atoms with Crippen molar-refractivity contribution in [3.63, 3.8) is 0 Å². The predicted octanol–water partition coefficient (Wildman–Crippen LogP) is 3.10. The van der Waals surface area contributed by atoms with E-state index in [1.165, 1.54) is 0 Å². The van der Waals surface area contributed by atoms with Gasteiger partial charge in [0, 0.05) is 5.69 Å². The number of rotatable bonds is 6. The smallest absolute Gasteiger partial charge is 0.355 e. The maximum absolute atomic E-state index is 11.7. The Hall–Kier alpha value is -1.25. The van der Waals surface area contributed by atoms with E-state index in [4.69, 9.17) is 4.74 Å². The largest absolute Gasteiger partial charge is 0.461 e. The first-order valence-corrected chi connectivity index (χ1v) is 6.10. The Morgan fingerprint density at radius 2 is 1.94 bits per heavy atom. The predicted molar refractivity (Wildman–Crippen MR) is 64.7 cm³/mol. The Kier molecular flexibility index (Phi) is 5.09. The summed E-state index contributed by atoms with van der Waals surface area (Å²) >= 11 is 0. The summed E-state index contributed by atoms with van der Waals surface area (Å²) in [6.07, 6.45) is 4.02. The quantitative estimate of drug-likeness (QED) is 0.753. The van der Waals surface area contributed by atoms with E-state index in [1.54, 1.807) is 0 Å². The van der Waals surface area contributed by atoms with Gasteiger partial charge in [0.15, 0.2) is 0 Å². The number of ether oxygens (including phenoxy) is 1. The molecule has 3 nitrogen and oxygen atoms in total. The number of hydrogen-bond acceptors (Lipinski definition) is 2. The number of carbonyl (C=O) groups is 1. The summed E-state index contributed by atoms with van der Waals surface area (Å²) in [5.41, 5.74) is 2.87. The van der Waals surface area contributed by atoms with Crippen molar-refractivity contribution >= 4 is 5.97 Å². The number of nitrogens with one attached hydrogen (secondary N) is 1. The van der Waals surface area contributed by atoms with Crippen LogP contribution in [0, 0.1) is 0 Å². The first kappa shape index (κ1) is 12.8. The van der Waals surface area contributed by atoms with Crippen molar-refractivity contribution in [2.45, 2.75) is 46.5 Å². The fraction of sp³-hybridized carbons (Fsp3) is 0.615. The summed E-state index contributed by atoms with van der Waals surface area (Å²) in [6.45, 7) is 6.49. The number of carbonyl (C=O) groups excluding carboxylic acids is 1. The van der Waals surface area contributed by atoms with E-state index in [9.17, 15) is 4.79 Å². The molecule has 0 radical (unpaired) electrons. The zero-order valence-corrected chi connectivity index (χ0v) is 10.4. The topological polar surface area (TPSA) is 42.1 Å². The van der Waals surface area contributed by atoms with Gasteiger partial charge in [-0.3, -0.25) is 0 Å². The van der Waals surface area contributed by atoms with Crippen molar-refractivity contribution in [2.75, 3.05) is 6.61 Å². The van der Waals surface area contributed by atoms with Crippen LogP contribution in [-0.4, -0.2) is 17.6 Å². The van der Waals surface area contributed by atoms with Crippen molar-refractivity contribution < 1.29 is 9.53 Å². The van der Waals surface area contributed by atoms with Gasteiger partial charge in [-0.15, -0.1) is 0 Å². The number of esters is 1. The summed E-state index contributed by atoms with van der Waals surface area (Å²) in [5, 5.41) is 0. The van der Waals surface area contributed by atoms with Gasteiger partial charge in [0.2, 0.25) is 0 Å². The molecule has 0 spiro atoms. The molecule has 0 aliphatic carbocycles. The molecule has 1 aromatic rings. The van der Waals surface area contributed by atoms with Crippen LogP contribution in [0.3, 0.4) is 0 Å². The Balaban J connectivity index is 2.90.